The van der Waals surface area contributed by atoms with Crippen LogP contribution in [0.4, 0.5) is 13.2 Å². The van der Waals surface area contributed by atoms with Gasteiger partial charge in [0.2, 0.25) is 0 Å². The molecule has 1 rings (SSSR count). The van der Waals surface area contributed by atoms with Crippen molar-refractivity contribution in [2.24, 2.45) is 5.73 Å². The summed E-state index contributed by atoms with van der Waals surface area (Å²) in [5.74, 6) is -1.19. The van der Waals surface area contributed by atoms with Crippen molar-refractivity contribution >= 4 is 12.4 Å². The van der Waals surface area contributed by atoms with Gasteiger partial charge in [-0.2, -0.15) is 0 Å². The first kappa shape index (κ1) is 15.9. The fourth-order valence-corrected chi connectivity index (χ4v) is 1.27. The maximum absolute atomic E-state index is 12.0. The first-order chi connectivity index (χ1) is 7.35. The Labute approximate surface area is 103 Å². The second-order valence-corrected chi connectivity index (χ2v) is 3.26. The number of alkyl halides is 3. The van der Waals surface area contributed by atoms with Crippen molar-refractivity contribution in [3.8, 4) is 11.5 Å². The lowest BCUT2D eigenvalue weighted by molar-refractivity contribution is -0.275. The summed E-state index contributed by atoms with van der Waals surface area (Å²) in [7, 11) is 0. The van der Waals surface area contributed by atoms with E-state index >= 15 is 0 Å². The number of aromatic hydroxyl groups is 1. The van der Waals surface area contributed by atoms with Crippen LogP contribution in [0.25, 0.3) is 0 Å². The van der Waals surface area contributed by atoms with Crippen LogP contribution in [0.1, 0.15) is 24.9 Å². The first-order valence-electron chi connectivity index (χ1n) is 4.68. The topological polar surface area (TPSA) is 55.5 Å². The highest BCUT2D eigenvalue weighted by molar-refractivity contribution is 5.85. The molecule has 0 unspecified atom stereocenters. The van der Waals surface area contributed by atoms with Gasteiger partial charge in [-0.1, -0.05) is 19.1 Å². The van der Waals surface area contributed by atoms with Crippen LogP contribution in [0.3, 0.4) is 0 Å². The van der Waals surface area contributed by atoms with Gasteiger partial charge in [-0.25, -0.2) is 0 Å². The summed E-state index contributed by atoms with van der Waals surface area (Å²) in [4.78, 5) is 0. The number of para-hydroxylation sites is 1. The number of phenolic OH excluding ortho intramolecular Hbond substituents is 1. The van der Waals surface area contributed by atoms with Crippen LogP contribution in [0.2, 0.25) is 0 Å². The second-order valence-electron chi connectivity index (χ2n) is 3.26. The molecular formula is C10H13ClF3NO2. The Morgan fingerprint density at radius 1 is 1.41 bits per heavy atom. The summed E-state index contributed by atoms with van der Waals surface area (Å²) in [5, 5.41) is 9.55. The van der Waals surface area contributed by atoms with Crippen LogP contribution in [-0.2, 0) is 0 Å². The van der Waals surface area contributed by atoms with E-state index in [0.29, 0.717) is 6.42 Å². The molecule has 0 spiro atoms. The normalized spacial score (nSPS) is 12.8. The number of benzene rings is 1. The van der Waals surface area contributed by atoms with Crippen LogP contribution in [0, 0.1) is 0 Å². The molecule has 0 saturated heterocycles. The molecule has 0 aliphatic heterocycles. The van der Waals surface area contributed by atoms with Crippen LogP contribution in [0.5, 0.6) is 11.5 Å². The molecule has 0 fully saturated rings. The predicted octanol–water partition coefficient (Wildman–Crippen LogP) is 3.12. The molecular weight excluding hydrogens is 259 g/mol. The van der Waals surface area contributed by atoms with Crippen molar-refractivity contribution in [3.05, 3.63) is 23.8 Å². The third-order valence-electron chi connectivity index (χ3n) is 2.10. The summed E-state index contributed by atoms with van der Waals surface area (Å²) in [6, 6.07) is 3.34. The SMILES string of the molecule is CC[C@H](N)c1cccc(OC(F)(F)F)c1O.Cl. The van der Waals surface area contributed by atoms with Crippen molar-refractivity contribution in [2.75, 3.05) is 0 Å². The van der Waals surface area contributed by atoms with Crippen LogP contribution in [-0.4, -0.2) is 11.5 Å². The Bertz CT molecular complexity index is 371. The number of hydrogen-bond donors (Lipinski definition) is 2. The Balaban J connectivity index is 0.00000256. The Morgan fingerprint density at radius 3 is 2.47 bits per heavy atom. The number of halogens is 4. The molecule has 0 saturated carbocycles. The Hall–Kier alpha value is -1.14. The fraction of sp³-hybridized carbons (Fsp3) is 0.400. The molecule has 3 nitrogen and oxygen atoms in total. The van der Waals surface area contributed by atoms with Gasteiger partial charge in [-0.05, 0) is 12.5 Å². The predicted molar refractivity (Wildman–Crippen MR) is 59.3 cm³/mol. The zero-order valence-corrected chi connectivity index (χ0v) is 9.81. The van der Waals surface area contributed by atoms with E-state index in [1.54, 1.807) is 6.92 Å². The van der Waals surface area contributed by atoms with Crippen molar-refractivity contribution in [1.82, 2.24) is 0 Å². The third-order valence-corrected chi connectivity index (χ3v) is 2.10. The molecule has 7 heteroatoms. The Morgan fingerprint density at radius 2 is 2.00 bits per heavy atom. The maximum Gasteiger partial charge on any atom is 0.573 e. The average Bonchev–Trinajstić information content (AvgIpc) is 2.18. The van der Waals surface area contributed by atoms with Crippen molar-refractivity contribution in [3.63, 3.8) is 0 Å². The first-order valence-corrected chi connectivity index (χ1v) is 4.68. The summed E-state index contributed by atoms with van der Waals surface area (Å²) in [6.45, 7) is 1.77. The lowest BCUT2D eigenvalue weighted by Gasteiger charge is -2.15. The van der Waals surface area contributed by atoms with Gasteiger partial charge in [0.15, 0.2) is 11.5 Å². The largest absolute Gasteiger partial charge is 0.573 e. The second kappa shape index (κ2) is 5.97. The van der Waals surface area contributed by atoms with E-state index in [1.807, 2.05) is 0 Å². The molecule has 1 atom stereocenters. The lowest BCUT2D eigenvalue weighted by atomic mass is 10.0. The molecule has 0 aliphatic rings. The summed E-state index contributed by atoms with van der Waals surface area (Å²) in [5.41, 5.74) is 5.87. The number of nitrogens with two attached hydrogens (primary N) is 1. The highest BCUT2D eigenvalue weighted by atomic mass is 35.5. The van der Waals surface area contributed by atoms with E-state index in [4.69, 9.17) is 5.73 Å². The molecule has 0 amide bonds. The highest BCUT2D eigenvalue weighted by Crippen LogP contribution is 2.36. The minimum absolute atomic E-state index is 0. The highest BCUT2D eigenvalue weighted by Gasteiger charge is 2.32. The monoisotopic (exact) mass is 271 g/mol. The smallest absolute Gasteiger partial charge is 0.504 e. The van der Waals surface area contributed by atoms with Gasteiger partial charge in [0.25, 0.3) is 0 Å². The quantitative estimate of drug-likeness (QED) is 0.888. The zero-order chi connectivity index (χ0) is 12.3. The van der Waals surface area contributed by atoms with E-state index < -0.39 is 23.9 Å². The minimum atomic E-state index is -4.83. The van der Waals surface area contributed by atoms with Gasteiger partial charge in [-0.15, -0.1) is 25.6 Å². The van der Waals surface area contributed by atoms with E-state index in [-0.39, 0.29) is 18.0 Å². The molecule has 0 heterocycles. The molecule has 1 aromatic rings. The van der Waals surface area contributed by atoms with Crippen molar-refractivity contribution < 1.29 is 23.0 Å². The van der Waals surface area contributed by atoms with E-state index in [2.05, 4.69) is 4.74 Å². The summed E-state index contributed by atoms with van der Waals surface area (Å²) >= 11 is 0. The lowest BCUT2D eigenvalue weighted by Crippen LogP contribution is -2.18. The third kappa shape index (κ3) is 4.32. The fourth-order valence-electron chi connectivity index (χ4n) is 1.27. The number of hydrogen-bond acceptors (Lipinski definition) is 3. The number of phenols is 1. The molecule has 98 valence electrons. The number of ether oxygens (including phenoxy) is 1. The van der Waals surface area contributed by atoms with Gasteiger partial charge in [0, 0.05) is 11.6 Å². The van der Waals surface area contributed by atoms with Crippen LogP contribution >= 0.6 is 12.4 Å². The van der Waals surface area contributed by atoms with Crippen LogP contribution in [0.15, 0.2) is 18.2 Å². The molecule has 1 aromatic carbocycles. The average molecular weight is 272 g/mol. The molecule has 3 N–H and O–H groups in total. The van der Waals surface area contributed by atoms with Gasteiger partial charge in [0.05, 0.1) is 0 Å². The molecule has 17 heavy (non-hydrogen) atoms. The van der Waals surface area contributed by atoms with Gasteiger partial charge < -0.3 is 15.6 Å². The van der Waals surface area contributed by atoms with Gasteiger partial charge in [0.1, 0.15) is 0 Å². The molecule has 0 radical (unpaired) electrons. The Kier molecular flexibility index (Phi) is 5.57. The van der Waals surface area contributed by atoms with Crippen molar-refractivity contribution in [1.29, 1.82) is 0 Å². The van der Waals surface area contributed by atoms with E-state index in [1.165, 1.54) is 12.1 Å². The maximum atomic E-state index is 12.0. The zero-order valence-electron chi connectivity index (χ0n) is 8.99. The molecule has 0 aromatic heterocycles. The van der Waals surface area contributed by atoms with Crippen LogP contribution < -0.4 is 10.5 Å². The van der Waals surface area contributed by atoms with Crippen molar-refractivity contribution in [2.45, 2.75) is 25.7 Å². The molecule has 0 aliphatic carbocycles. The summed E-state index contributed by atoms with van der Waals surface area (Å²) < 4.78 is 39.6. The minimum Gasteiger partial charge on any atom is -0.504 e. The number of rotatable bonds is 3. The van der Waals surface area contributed by atoms with Gasteiger partial charge >= 0.3 is 6.36 Å². The van der Waals surface area contributed by atoms with Gasteiger partial charge in [-0.3, -0.25) is 0 Å². The standard InChI is InChI=1S/C10H12F3NO2.ClH/c1-2-7(14)6-4-3-5-8(9(6)15)16-10(11,12)13;/h3-5,7,15H,2,14H2,1H3;1H/t7-;/m0./s1. The van der Waals surface area contributed by atoms with E-state index in [9.17, 15) is 18.3 Å². The van der Waals surface area contributed by atoms with E-state index in [0.717, 1.165) is 6.07 Å². The molecule has 0 bridgehead atoms. The summed E-state index contributed by atoms with van der Waals surface area (Å²) in [6.07, 6.45) is -4.32.